The van der Waals surface area contributed by atoms with E-state index in [0.29, 0.717) is 5.92 Å². The Kier molecular flexibility index (Phi) is 5.25. The van der Waals surface area contributed by atoms with Gasteiger partial charge < -0.3 is 0 Å². The van der Waals surface area contributed by atoms with Crippen LogP contribution in [0.2, 0.25) is 0 Å². The monoisotopic (exact) mass is 287 g/mol. The lowest BCUT2D eigenvalue weighted by Gasteiger charge is -2.50. The van der Waals surface area contributed by atoms with Gasteiger partial charge in [0, 0.05) is 5.92 Å². The lowest BCUT2D eigenvalue weighted by atomic mass is 9.55. The fourth-order valence-corrected chi connectivity index (χ4v) is 5.95. The zero-order chi connectivity index (χ0) is 14.7. The van der Waals surface area contributed by atoms with Crippen molar-refractivity contribution in [1.82, 2.24) is 0 Å². The van der Waals surface area contributed by atoms with Gasteiger partial charge in [-0.2, -0.15) is 5.26 Å². The molecule has 0 heterocycles. The predicted octanol–water partition coefficient (Wildman–Crippen LogP) is 5.95. The highest BCUT2D eigenvalue weighted by Crippen LogP contribution is 2.53. The number of nitriles is 1. The number of rotatable bonds is 4. The van der Waals surface area contributed by atoms with Crippen molar-refractivity contribution in [1.29, 1.82) is 5.26 Å². The minimum Gasteiger partial charge on any atom is -0.198 e. The predicted molar refractivity (Wildman–Crippen MR) is 87.6 cm³/mol. The molecule has 1 nitrogen and oxygen atoms in total. The summed E-state index contributed by atoms with van der Waals surface area (Å²) in [6.07, 6.45) is 17.0. The summed E-state index contributed by atoms with van der Waals surface area (Å²) in [6.45, 7) is 2.32. The van der Waals surface area contributed by atoms with E-state index in [-0.39, 0.29) is 0 Å². The van der Waals surface area contributed by atoms with Crippen LogP contribution in [0.15, 0.2) is 0 Å². The lowest BCUT2D eigenvalue weighted by Crippen LogP contribution is -2.41. The molecule has 3 aliphatic rings. The maximum absolute atomic E-state index is 9.20. The highest BCUT2D eigenvalue weighted by Gasteiger charge is 2.44. The van der Waals surface area contributed by atoms with Crippen LogP contribution in [0.4, 0.5) is 0 Å². The van der Waals surface area contributed by atoms with Gasteiger partial charge in [0.15, 0.2) is 0 Å². The summed E-state index contributed by atoms with van der Waals surface area (Å²) < 4.78 is 0. The summed E-state index contributed by atoms with van der Waals surface area (Å²) in [5, 5.41) is 9.20. The van der Waals surface area contributed by atoms with Gasteiger partial charge >= 0.3 is 0 Å². The van der Waals surface area contributed by atoms with Crippen LogP contribution in [-0.4, -0.2) is 0 Å². The molecule has 6 atom stereocenters. The van der Waals surface area contributed by atoms with E-state index in [1.165, 1.54) is 70.6 Å². The number of nitrogens with zero attached hydrogens (tertiary/aromatic N) is 1. The molecule has 21 heavy (non-hydrogen) atoms. The molecule has 3 rings (SSSR count). The lowest BCUT2D eigenvalue weighted by molar-refractivity contribution is 0.00280. The maximum Gasteiger partial charge on any atom is 0.0655 e. The van der Waals surface area contributed by atoms with E-state index in [0.717, 1.165) is 29.6 Å². The van der Waals surface area contributed by atoms with Crippen LogP contribution in [0.5, 0.6) is 0 Å². The molecule has 6 unspecified atom stereocenters. The van der Waals surface area contributed by atoms with Crippen LogP contribution in [0, 0.1) is 46.8 Å². The maximum atomic E-state index is 9.20. The fraction of sp³-hybridized carbons (Fsp3) is 0.950. The summed E-state index contributed by atoms with van der Waals surface area (Å²) in [6, 6.07) is 2.54. The van der Waals surface area contributed by atoms with Crippen molar-refractivity contribution in [2.45, 2.75) is 84.0 Å². The first-order chi connectivity index (χ1) is 10.3. The molecule has 0 saturated heterocycles. The summed E-state index contributed by atoms with van der Waals surface area (Å²) in [5.41, 5.74) is 0. The fourth-order valence-electron chi connectivity index (χ4n) is 5.95. The standard InChI is InChI=1S/C20H33N/c1-2-3-4-5-15-6-10-19-17(12-15)8-9-18-13-16(14-21)7-11-20(18)19/h15-20H,2-13H2,1H3. The number of hydrogen-bond acceptors (Lipinski definition) is 1. The molecule has 3 aliphatic carbocycles. The highest BCUT2D eigenvalue weighted by molar-refractivity contribution is 4.98. The second-order valence-electron chi connectivity index (χ2n) is 8.24. The summed E-state index contributed by atoms with van der Waals surface area (Å²) >= 11 is 0. The number of unbranched alkanes of at least 4 members (excludes halogenated alkanes) is 2. The number of hydrogen-bond donors (Lipinski definition) is 0. The second-order valence-corrected chi connectivity index (χ2v) is 8.24. The van der Waals surface area contributed by atoms with E-state index in [2.05, 4.69) is 13.0 Å². The van der Waals surface area contributed by atoms with Crippen LogP contribution in [0.3, 0.4) is 0 Å². The SMILES string of the molecule is CCCCCC1CCC2C(CCC3CC(C#N)CCC32)C1. The first-order valence-corrected chi connectivity index (χ1v) is 9.71. The van der Waals surface area contributed by atoms with E-state index in [1.54, 1.807) is 6.42 Å². The highest BCUT2D eigenvalue weighted by atomic mass is 14.5. The number of fused-ring (bicyclic) bond motifs is 3. The Hall–Kier alpha value is -0.510. The van der Waals surface area contributed by atoms with Gasteiger partial charge in [0.1, 0.15) is 0 Å². The van der Waals surface area contributed by atoms with Crippen molar-refractivity contribution in [3.63, 3.8) is 0 Å². The summed E-state index contributed by atoms with van der Waals surface area (Å²) in [5.74, 6) is 5.40. The minimum atomic E-state index is 0.383. The third-order valence-electron chi connectivity index (χ3n) is 7.05. The molecule has 0 amide bonds. The molecule has 0 aromatic rings. The molecule has 3 saturated carbocycles. The van der Waals surface area contributed by atoms with Crippen molar-refractivity contribution in [2.75, 3.05) is 0 Å². The van der Waals surface area contributed by atoms with Gasteiger partial charge in [0.25, 0.3) is 0 Å². The quantitative estimate of drug-likeness (QED) is 0.586. The molecule has 3 fully saturated rings. The Morgan fingerprint density at radius 3 is 2.29 bits per heavy atom. The van der Waals surface area contributed by atoms with Gasteiger partial charge in [-0.15, -0.1) is 0 Å². The second kappa shape index (κ2) is 7.17. The third-order valence-corrected chi connectivity index (χ3v) is 7.05. The van der Waals surface area contributed by atoms with E-state index < -0.39 is 0 Å². The van der Waals surface area contributed by atoms with Crippen LogP contribution < -0.4 is 0 Å². The van der Waals surface area contributed by atoms with Crippen LogP contribution in [0.25, 0.3) is 0 Å². The van der Waals surface area contributed by atoms with Crippen LogP contribution in [-0.2, 0) is 0 Å². The normalized spacial score (nSPS) is 42.7. The molecule has 0 radical (unpaired) electrons. The first-order valence-electron chi connectivity index (χ1n) is 9.71. The van der Waals surface area contributed by atoms with Crippen molar-refractivity contribution in [3.05, 3.63) is 0 Å². The third kappa shape index (κ3) is 3.46. The first kappa shape index (κ1) is 15.4. The molecular formula is C20H33N. The topological polar surface area (TPSA) is 23.8 Å². The Balaban J connectivity index is 1.53. The Morgan fingerprint density at radius 2 is 1.57 bits per heavy atom. The smallest absolute Gasteiger partial charge is 0.0655 e. The molecule has 0 aromatic heterocycles. The van der Waals surface area contributed by atoms with Gasteiger partial charge in [-0.3, -0.25) is 0 Å². The summed E-state index contributed by atoms with van der Waals surface area (Å²) in [4.78, 5) is 0. The molecule has 0 spiro atoms. The zero-order valence-electron chi connectivity index (χ0n) is 13.9. The van der Waals surface area contributed by atoms with Crippen molar-refractivity contribution >= 4 is 0 Å². The van der Waals surface area contributed by atoms with E-state index >= 15 is 0 Å². The van der Waals surface area contributed by atoms with Gasteiger partial charge in [-0.05, 0) is 74.5 Å². The van der Waals surface area contributed by atoms with Gasteiger partial charge in [-0.1, -0.05) is 39.0 Å². The van der Waals surface area contributed by atoms with Crippen molar-refractivity contribution < 1.29 is 0 Å². The molecular weight excluding hydrogens is 254 g/mol. The van der Waals surface area contributed by atoms with Gasteiger partial charge in [0.05, 0.1) is 6.07 Å². The largest absolute Gasteiger partial charge is 0.198 e. The molecule has 0 aromatic carbocycles. The minimum absolute atomic E-state index is 0.383. The van der Waals surface area contributed by atoms with E-state index in [1.807, 2.05) is 0 Å². The Labute approximate surface area is 131 Å². The van der Waals surface area contributed by atoms with Crippen LogP contribution >= 0.6 is 0 Å². The molecule has 0 aliphatic heterocycles. The molecule has 0 N–H and O–H groups in total. The van der Waals surface area contributed by atoms with Crippen LogP contribution in [0.1, 0.15) is 84.0 Å². The molecule has 0 bridgehead atoms. The average Bonchev–Trinajstić information content (AvgIpc) is 2.54. The average molecular weight is 287 g/mol. The van der Waals surface area contributed by atoms with Gasteiger partial charge in [-0.25, -0.2) is 0 Å². The van der Waals surface area contributed by atoms with E-state index in [4.69, 9.17) is 0 Å². The van der Waals surface area contributed by atoms with Crippen molar-refractivity contribution in [2.24, 2.45) is 35.5 Å². The van der Waals surface area contributed by atoms with E-state index in [9.17, 15) is 5.26 Å². The van der Waals surface area contributed by atoms with Crippen molar-refractivity contribution in [3.8, 4) is 6.07 Å². The van der Waals surface area contributed by atoms with Gasteiger partial charge in [0.2, 0.25) is 0 Å². The summed E-state index contributed by atoms with van der Waals surface area (Å²) in [7, 11) is 0. The molecule has 1 heteroatoms. The Bertz CT molecular complexity index is 369. The zero-order valence-corrected chi connectivity index (χ0v) is 13.9. The molecule has 118 valence electrons. The Morgan fingerprint density at radius 1 is 0.857 bits per heavy atom.